The summed E-state index contributed by atoms with van der Waals surface area (Å²) in [4.78, 5) is 24.6. The van der Waals surface area contributed by atoms with E-state index in [1.807, 2.05) is 6.08 Å². The molecule has 6 nitrogen and oxygen atoms in total. The van der Waals surface area contributed by atoms with Gasteiger partial charge in [0.05, 0.1) is 25.4 Å². The van der Waals surface area contributed by atoms with Crippen LogP contribution in [0.3, 0.4) is 0 Å². The highest BCUT2D eigenvalue weighted by molar-refractivity contribution is 5.76. The molecule has 0 saturated carbocycles. The van der Waals surface area contributed by atoms with Crippen LogP contribution in [-0.4, -0.2) is 47.4 Å². The van der Waals surface area contributed by atoms with E-state index in [1.54, 1.807) is 6.08 Å². The van der Waals surface area contributed by atoms with Gasteiger partial charge in [-0.1, -0.05) is 326 Å². The average Bonchev–Trinajstić information content (AvgIpc) is 3.45. The molecule has 0 aromatic heterocycles. The molecule has 0 spiro atoms. The molecule has 0 aromatic rings. The van der Waals surface area contributed by atoms with Crippen LogP contribution in [0.15, 0.2) is 48.6 Å². The molecule has 0 aliphatic carbocycles. The number of carbonyl (C=O) groups excluding carboxylic acids is 2. The Kier molecular flexibility index (Phi) is 66.4. The third-order valence-electron chi connectivity index (χ3n) is 16.3. The summed E-state index contributed by atoms with van der Waals surface area (Å²) in [6.45, 7) is 4.91. The standard InChI is InChI=1S/C73H137NO5/c1-3-5-7-9-11-13-15-17-18-19-20-32-35-38-42-45-49-53-57-61-65-71(76)70(69-75)74-72(77)66-62-58-54-50-46-43-39-36-33-30-28-26-24-22-21-23-25-27-29-31-34-37-40-44-48-52-56-60-64-68-79-73(78)67-63-59-55-51-47-41-16-14-12-10-8-6-4-2/h14,16,21,23,27,29,61,65,70-71,75-76H,3-13,15,17-20,22,24-26,28,30-60,62-64,66-69H2,1-2H3,(H,74,77)/b16-14-,23-21-,29-27-,65-61+. The Morgan fingerprint density at radius 1 is 0.354 bits per heavy atom. The lowest BCUT2D eigenvalue weighted by Crippen LogP contribution is -2.45. The summed E-state index contributed by atoms with van der Waals surface area (Å²) in [6, 6.07) is -0.630. The van der Waals surface area contributed by atoms with Gasteiger partial charge in [0.15, 0.2) is 0 Å². The first-order chi connectivity index (χ1) is 39.0. The molecule has 0 aliphatic heterocycles. The highest BCUT2D eigenvalue weighted by atomic mass is 16.5. The van der Waals surface area contributed by atoms with Crippen LogP contribution in [0.2, 0.25) is 0 Å². The van der Waals surface area contributed by atoms with E-state index in [4.69, 9.17) is 4.74 Å². The molecule has 0 heterocycles. The van der Waals surface area contributed by atoms with E-state index in [9.17, 15) is 19.8 Å². The van der Waals surface area contributed by atoms with Gasteiger partial charge in [0.1, 0.15) is 0 Å². The molecule has 3 N–H and O–H groups in total. The van der Waals surface area contributed by atoms with Crippen LogP contribution in [0.25, 0.3) is 0 Å². The molecule has 0 radical (unpaired) electrons. The number of aliphatic hydroxyl groups excluding tert-OH is 2. The van der Waals surface area contributed by atoms with Gasteiger partial charge >= 0.3 is 5.97 Å². The quantitative estimate of drug-likeness (QED) is 0.0320. The molecule has 0 rings (SSSR count). The number of nitrogens with one attached hydrogen (secondary N) is 1. The number of hydrogen-bond acceptors (Lipinski definition) is 5. The van der Waals surface area contributed by atoms with Gasteiger partial charge in [-0.15, -0.1) is 0 Å². The van der Waals surface area contributed by atoms with Gasteiger partial charge in [-0.05, 0) is 89.9 Å². The third kappa shape index (κ3) is 64.8. The number of esters is 1. The minimum atomic E-state index is -0.847. The van der Waals surface area contributed by atoms with E-state index in [1.165, 1.54) is 302 Å². The fourth-order valence-electron chi connectivity index (χ4n) is 10.9. The Labute approximate surface area is 493 Å². The van der Waals surface area contributed by atoms with Crippen molar-refractivity contribution in [3.8, 4) is 0 Å². The van der Waals surface area contributed by atoms with E-state index in [0.717, 1.165) is 51.4 Å². The SMILES string of the molecule is CCCCCC/C=C\CCCCCCCC(=O)OCCCCCCCCCCC/C=C\C/C=C\CCCCCCCCCCCCCCCC(=O)NC(CO)C(O)/C=C/CCCCCCCCCCCCCCCCCCCC. The summed E-state index contributed by atoms with van der Waals surface area (Å²) in [5, 5.41) is 23.2. The minimum Gasteiger partial charge on any atom is -0.466 e. The second-order valence-corrected chi connectivity index (χ2v) is 24.2. The smallest absolute Gasteiger partial charge is 0.305 e. The van der Waals surface area contributed by atoms with Crippen LogP contribution in [0.4, 0.5) is 0 Å². The Hall–Kier alpha value is -2.18. The van der Waals surface area contributed by atoms with Gasteiger partial charge in [0.25, 0.3) is 0 Å². The maximum atomic E-state index is 12.5. The monoisotopic (exact) mass is 1110 g/mol. The molecule has 79 heavy (non-hydrogen) atoms. The van der Waals surface area contributed by atoms with Crippen molar-refractivity contribution >= 4 is 11.9 Å². The van der Waals surface area contributed by atoms with Gasteiger partial charge in [-0.25, -0.2) is 0 Å². The summed E-state index contributed by atoms with van der Waals surface area (Å²) >= 11 is 0. The van der Waals surface area contributed by atoms with Crippen LogP contribution in [0.5, 0.6) is 0 Å². The first-order valence-electron chi connectivity index (χ1n) is 35.4. The number of aliphatic hydroxyl groups is 2. The maximum Gasteiger partial charge on any atom is 0.305 e. The van der Waals surface area contributed by atoms with Gasteiger partial charge in [0, 0.05) is 12.8 Å². The molecule has 0 fully saturated rings. The van der Waals surface area contributed by atoms with E-state index in [2.05, 4.69) is 55.6 Å². The molecule has 464 valence electrons. The normalized spacial score (nSPS) is 12.8. The van der Waals surface area contributed by atoms with Gasteiger partial charge in [-0.2, -0.15) is 0 Å². The maximum absolute atomic E-state index is 12.5. The largest absolute Gasteiger partial charge is 0.466 e. The molecule has 2 unspecified atom stereocenters. The summed E-state index contributed by atoms with van der Waals surface area (Å²) in [6.07, 6.45) is 89.0. The van der Waals surface area contributed by atoms with Crippen molar-refractivity contribution in [1.29, 1.82) is 0 Å². The van der Waals surface area contributed by atoms with Crippen molar-refractivity contribution < 1.29 is 24.5 Å². The van der Waals surface area contributed by atoms with Crippen LogP contribution in [0.1, 0.15) is 380 Å². The number of hydrogen-bond donors (Lipinski definition) is 3. The molecule has 2 atom stereocenters. The Morgan fingerprint density at radius 2 is 0.633 bits per heavy atom. The first kappa shape index (κ1) is 76.8. The van der Waals surface area contributed by atoms with Crippen molar-refractivity contribution in [1.82, 2.24) is 5.32 Å². The van der Waals surface area contributed by atoms with Crippen LogP contribution >= 0.6 is 0 Å². The molecular weight excluding hydrogens is 971 g/mol. The van der Waals surface area contributed by atoms with Gasteiger partial charge in [-0.3, -0.25) is 9.59 Å². The van der Waals surface area contributed by atoms with Crippen molar-refractivity contribution in [2.45, 2.75) is 392 Å². The highest BCUT2D eigenvalue weighted by Gasteiger charge is 2.18. The zero-order valence-corrected chi connectivity index (χ0v) is 53.1. The lowest BCUT2D eigenvalue weighted by atomic mass is 10.0. The molecule has 0 bridgehead atoms. The molecule has 6 heteroatoms. The number of rotatable bonds is 66. The highest BCUT2D eigenvalue weighted by Crippen LogP contribution is 2.18. The Morgan fingerprint density at radius 3 is 0.987 bits per heavy atom. The fourth-order valence-corrected chi connectivity index (χ4v) is 10.9. The van der Waals surface area contributed by atoms with Crippen LogP contribution < -0.4 is 5.32 Å². The minimum absolute atomic E-state index is 0.00248. The van der Waals surface area contributed by atoms with Gasteiger partial charge in [0.2, 0.25) is 5.91 Å². The fraction of sp³-hybridized carbons (Fsp3) is 0.863. The van der Waals surface area contributed by atoms with E-state index < -0.39 is 12.1 Å². The molecule has 0 aromatic carbocycles. The molecule has 1 amide bonds. The number of unbranched alkanes of at least 4 members (excludes halogenated alkanes) is 49. The molecule has 0 aliphatic rings. The molecule has 0 saturated heterocycles. The number of carbonyl (C=O) groups is 2. The summed E-state index contributed by atoms with van der Waals surface area (Å²) in [5.74, 6) is -0.0636. The van der Waals surface area contributed by atoms with E-state index in [-0.39, 0.29) is 18.5 Å². The van der Waals surface area contributed by atoms with Crippen molar-refractivity contribution in [2.24, 2.45) is 0 Å². The van der Waals surface area contributed by atoms with Gasteiger partial charge < -0.3 is 20.3 Å². The molecular formula is C73H137NO5. The summed E-state index contributed by atoms with van der Waals surface area (Å²) < 4.78 is 5.47. The van der Waals surface area contributed by atoms with Crippen LogP contribution in [-0.2, 0) is 14.3 Å². The Balaban J connectivity index is 3.44. The lowest BCUT2D eigenvalue weighted by Gasteiger charge is -2.20. The van der Waals surface area contributed by atoms with E-state index in [0.29, 0.717) is 19.4 Å². The summed E-state index contributed by atoms with van der Waals surface area (Å²) in [5.41, 5.74) is 0. The van der Waals surface area contributed by atoms with Crippen LogP contribution in [0, 0.1) is 0 Å². The second kappa shape index (κ2) is 68.3. The number of ether oxygens (including phenoxy) is 1. The predicted molar refractivity (Wildman–Crippen MR) is 347 cm³/mol. The summed E-state index contributed by atoms with van der Waals surface area (Å²) in [7, 11) is 0. The lowest BCUT2D eigenvalue weighted by molar-refractivity contribution is -0.143. The third-order valence-corrected chi connectivity index (χ3v) is 16.3. The zero-order valence-electron chi connectivity index (χ0n) is 53.1. The number of amides is 1. The predicted octanol–water partition coefficient (Wildman–Crippen LogP) is 22.9. The van der Waals surface area contributed by atoms with Crippen molar-refractivity contribution in [3.05, 3.63) is 48.6 Å². The topological polar surface area (TPSA) is 95.9 Å². The first-order valence-corrected chi connectivity index (χ1v) is 35.4. The van der Waals surface area contributed by atoms with Crippen molar-refractivity contribution in [3.63, 3.8) is 0 Å². The average molecular weight is 1110 g/mol. The van der Waals surface area contributed by atoms with E-state index >= 15 is 0 Å². The Bertz CT molecular complexity index is 1320. The zero-order chi connectivity index (χ0) is 57.1. The second-order valence-electron chi connectivity index (χ2n) is 24.2. The van der Waals surface area contributed by atoms with Crippen molar-refractivity contribution in [2.75, 3.05) is 13.2 Å². The number of allylic oxidation sites excluding steroid dienone is 7.